The molecule has 114 valence electrons. The van der Waals surface area contributed by atoms with Crippen molar-refractivity contribution in [2.75, 3.05) is 0 Å². The summed E-state index contributed by atoms with van der Waals surface area (Å²) in [6.45, 7) is 5.92. The molecular formula is C16H19N5O. The fourth-order valence-electron chi connectivity index (χ4n) is 3.27. The average Bonchev–Trinajstić information content (AvgIpc) is 2.95. The summed E-state index contributed by atoms with van der Waals surface area (Å²) in [5.74, 6) is 1.78. The molecule has 6 nitrogen and oxygen atoms in total. The Balaban J connectivity index is 1.79. The number of fused-ring (bicyclic) bond motifs is 3. The highest BCUT2D eigenvalue weighted by Crippen LogP contribution is 2.57. The van der Waals surface area contributed by atoms with Crippen molar-refractivity contribution >= 4 is 5.91 Å². The summed E-state index contributed by atoms with van der Waals surface area (Å²) in [6.07, 6.45) is 7.12. The maximum atomic E-state index is 12.6. The molecule has 2 atom stereocenters. The van der Waals surface area contributed by atoms with Crippen LogP contribution in [-0.2, 0) is 6.42 Å². The van der Waals surface area contributed by atoms with Gasteiger partial charge in [-0.25, -0.2) is 9.67 Å². The first-order chi connectivity index (χ1) is 10.4. The molecule has 0 radical (unpaired) electrons. The monoisotopic (exact) mass is 297 g/mol. The van der Waals surface area contributed by atoms with E-state index in [0.717, 1.165) is 17.7 Å². The molecule has 4 rings (SSSR count). The Morgan fingerprint density at radius 1 is 1.36 bits per heavy atom. The third kappa shape index (κ3) is 2.10. The van der Waals surface area contributed by atoms with E-state index in [1.165, 1.54) is 6.42 Å². The van der Waals surface area contributed by atoms with Gasteiger partial charge in [0.05, 0.1) is 11.9 Å². The Morgan fingerprint density at radius 2 is 2.18 bits per heavy atom. The lowest BCUT2D eigenvalue weighted by Gasteiger charge is -2.19. The summed E-state index contributed by atoms with van der Waals surface area (Å²) < 4.78 is 1.82. The Bertz CT molecular complexity index is 744. The van der Waals surface area contributed by atoms with Gasteiger partial charge in [-0.1, -0.05) is 0 Å². The molecule has 6 heteroatoms. The summed E-state index contributed by atoms with van der Waals surface area (Å²) in [5, 5.41) is 7.57. The molecular weight excluding hydrogens is 278 g/mol. The van der Waals surface area contributed by atoms with Gasteiger partial charge in [0.2, 0.25) is 0 Å². The summed E-state index contributed by atoms with van der Waals surface area (Å²) in [7, 11) is 0. The van der Waals surface area contributed by atoms with Crippen molar-refractivity contribution in [3.63, 3.8) is 0 Å². The van der Waals surface area contributed by atoms with Crippen molar-refractivity contribution in [1.29, 1.82) is 0 Å². The lowest BCUT2D eigenvalue weighted by molar-refractivity contribution is 0.0913. The maximum Gasteiger partial charge on any atom is 0.272 e. The molecule has 2 heterocycles. The fraction of sp³-hybridized carbons (Fsp3) is 0.500. The number of nitrogens with zero attached hydrogens (tertiary/aromatic N) is 4. The van der Waals surface area contributed by atoms with Crippen LogP contribution in [0.25, 0.3) is 5.82 Å². The normalized spacial score (nSPS) is 22.1. The average molecular weight is 297 g/mol. The summed E-state index contributed by atoms with van der Waals surface area (Å²) in [4.78, 5) is 21.0. The molecule has 0 unspecified atom stereocenters. The Labute approximate surface area is 129 Å². The second-order valence-electron chi connectivity index (χ2n) is 7.20. The Kier molecular flexibility index (Phi) is 2.67. The predicted octanol–water partition coefficient (Wildman–Crippen LogP) is 1.85. The molecule has 1 N–H and O–H groups in total. The van der Waals surface area contributed by atoms with Gasteiger partial charge < -0.3 is 5.32 Å². The van der Waals surface area contributed by atoms with Crippen LogP contribution >= 0.6 is 0 Å². The number of carbonyl (C=O) groups is 1. The lowest BCUT2D eigenvalue weighted by Crippen LogP contribution is -2.41. The number of hydrogen-bond donors (Lipinski definition) is 1. The highest BCUT2D eigenvalue weighted by atomic mass is 16.2. The van der Waals surface area contributed by atoms with Gasteiger partial charge in [0, 0.05) is 29.4 Å². The van der Waals surface area contributed by atoms with E-state index in [0.29, 0.717) is 23.3 Å². The summed E-state index contributed by atoms with van der Waals surface area (Å²) >= 11 is 0. The van der Waals surface area contributed by atoms with Crippen LogP contribution in [0.3, 0.4) is 0 Å². The van der Waals surface area contributed by atoms with Gasteiger partial charge in [-0.2, -0.15) is 5.10 Å². The molecule has 0 aromatic carbocycles. The van der Waals surface area contributed by atoms with Gasteiger partial charge in [-0.15, -0.1) is 0 Å². The largest absolute Gasteiger partial charge is 0.346 e. The minimum Gasteiger partial charge on any atom is -0.346 e. The van der Waals surface area contributed by atoms with Crippen molar-refractivity contribution in [2.45, 2.75) is 45.1 Å². The van der Waals surface area contributed by atoms with Crippen molar-refractivity contribution in [2.24, 2.45) is 5.92 Å². The zero-order valence-electron chi connectivity index (χ0n) is 13.0. The lowest BCUT2D eigenvalue weighted by atomic mass is 10.1. The van der Waals surface area contributed by atoms with Gasteiger partial charge in [-0.3, -0.25) is 9.78 Å². The Hall–Kier alpha value is -2.24. The van der Waals surface area contributed by atoms with E-state index >= 15 is 0 Å². The van der Waals surface area contributed by atoms with Crippen LogP contribution in [0.1, 0.15) is 54.9 Å². The summed E-state index contributed by atoms with van der Waals surface area (Å²) in [5.41, 5.74) is 2.52. The van der Waals surface area contributed by atoms with E-state index in [9.17, 15) is 4.79 Å². The minimum atomic E-state index is -0.276. The molecule has 0 saturated heterocycles. The first-order valence-corrected chi connectivity index (χ1v) is 7.65. The number of nitrogens with one attached hydrogen (secondary N) is 1. The third-order valence-electron chi connectivity index (χ3n) is 4.23. The molecule has 2 aliphatic rings. The van der Waals surface area contributed by atoms with Crippen LogP contribution in [0.15, 0.2) is 18.6 Å². The first-order valence-electron chi connectivity index (χ1n) is 7.65. The van der Waals surface area contributed by atoms with Gasteiger partial charge >= 0.3 is 0 Å². The van der Waals surface area contributed by atoms with Crippen LogP contribution in [0, 0.1) is 5.92 Å². The molecule has 0 spiro atoms. The molecule has 2 aliphatic carbocycles. The highest BCUT2D eigenvalue weighted by molar-refractivity contribution is 5.95. The van der Waals surface area contributed by atoms with Crippen molar-refractivity contribution in [3.8, 4) is 5.82 Å². The van der Waals surface area contributed by atoms with Crippen LogP contribution in [-0.4, -0.2) is 31.2 Å². The van der Waals surface area contributed by atoms with E-state index in [1.807, 2.05) is 25.5 Å². The van der Waals surface area contributed by atoms with Gasteiger partial charge in [0.15, 0.2) is 11.5 Å². The van der Waals surface area contributed by atoms with Crippen LogP contribution < -0.4 is 5.32 Å². The van der Waals surface area contributed by atoms with E-state index < -0.39 is 0 Å². The van der Waals surface area contributed by atoms with E-state index in [4.69, 9.17) is 0 Å². The fourth-order valence-corrected chi connectivity index (χ4v) is 3.27. The number of hydrogen-bond acceptors (Lipinski definition) is 4. The molecule has 2 aromatic rings. The molecule has 0 aliphatic heterocycles. The van der Waals surface area contributed by atoms with E-state index in [-0.39, 0.29) is 11.4 Å². The van der Waals surface area contributed by atoms with Crippen LogP contribution in [0.4, 0.5) is 0 Å². The molecule has 1 amide bonds. The Morgan fingerprint density at radius 3 is 2.86 bits per heavy atom. The topological polar surface area (TPSA) is 72.7 Å². The van der Waals surface area contributed by atoms with Gasteiger partial charge in [-0.05, 0) is 39.5 Å². The van der Waals surface area contributed by atoms with Crippen LogP contribution in [0.5, 0.6) is 0 Å². The molecule has 22 heavy (non-hydrogen) atoms. The quantitative estimate of drug-likeness (QED) is 0.918. The van der Waals surface area contributed by atoms with E-state index in [1.54, 1.807) is 18.6 Å². The van der Waals surface area contributed by atoms with Gasteiger partial charge in [0.1, 0.15) is 0 Å². The highest BCUT2D eigenvalue weighted by Gasteiger charge is 2.50. The number of rotatable bonds is 2. The molecule has 0 bridgehead atoms. The predicted molar refractivity (Wildman–Crippen MR) is 80.9 cm³/mol. The number of carbonyl (C=O) groups excluding carboxylic acids is 1. The van der Waals surface area contributed by atoms with Crippen molar-refractivity contribution in [3.05, 3.63) is 35.5 Å². The van der Waals surface area contributed by atoms with Crippen molar-refractivity contribution in [1.82, 2.24) is 25.1 Å². The number of amides is 1. The second-order valence-corrected chi connectivity index (χ2v) is 7.20. The smallest absolute Gasteiger partial charge is 0.272 e. The van der Waals surface area contributed by atoms with E-state index in [2.05, 4.69) is 20.4 Å². The second kappa shape index (κ2) is 4.38. The van der Waals surface area contributed by atoms with Gasteiger partial charge in [0.25, 0.3) is 5.91 Å². The standard InChI is InChI=1S/C16H19N5O/c1-16(2,3)19-15(22)13-11-7-9-6-10(9)14(11)21(20-13)12-8-17-4-5-18-12/h4-5,8-10H,6-7H2,1-3H3,(H,19,22)/t9-,10-/m1/s1. The molecule has 2 aromatic heterocycles. The molecule has 1 fully saturated rings. The third-order valence-corrected chi connectivity index (χ3v) is 4.23. The van der Waals surface area contributed by atoms with Crippen LogP contribution in [0.2, 0.25) is 0 Å². The number of aromatic nitrogens is 4. The zero-order valence-corrected chi connectivity index (χ0v) is 13.0. The van der Waals surface area contributed by atoms with Crippen molar-refractivity contribution < 1.29 is 4.79 Å². The minimum absolute atomic E-state index is 0.104. The SMILES string of the molecule is CC(C)(C)NC(=O)c1nn(-c2cnccn2)c2c1C[C@H]1C[C@@H]21. The first kappa shape index (κ1) is 13.4. The summed E-state index contributed by atoms with van der Waals surface area (Å²) in [6, 6.07) is 0. The molecule has 1 saturated carbocycles. The zero-order chi connectivity index (χ0) is 15.5. The maximum absolute atomic E-state index is 12.6.